The predicted molar refractivity (Wildman–Crippen MR) is 211 cm³/mol. The number of nitrogens with zero attached hydrogens (tertiary/aromatic N) is 3. The Kier molecular flexibility index (Phi) is 7.67. The zero-order valence-corrected chi connectivity index (χ0v) is 30.4. The first-order valence-electron chi connectivity index (χ1n) is 18.0. The van der Waals surface area contributed by atoms with Crippen LogP contribution in [0.5, 0.6) is 0 Å². The van der Waals surface area contributed by atoms with Gasteiger partial charge in [0.2, 0.25) is 5.71 Å². The van der Waals surface area contributed by atoms with Gasteiger partial charge in [-0.25, -0.2) is 9.97 Å². The fourth-order valence-corrected chi connectivity index (χ4v) is 7.34. The van der Waals surface area contributed by atoms with E-state index in [0.29, 0.717) is 5.71 Å². The van der Waals surface area contributed by atoms with Gasteiger partial charge in [-0.15, -0.1) is 0 Å². The smallest absolute Gasteiger partial charge is 0.227 e. The highest BCUT2D eigenvalue weighted by atomic mass is 16.3. The molecule has 0 N–H and O–H groups in total. The summed E-state index contributed by atoms with van der Waals surface area (Å²) < 4.78 is 9.13. The van der Waals surface area contributed by atoms with Gasteiger partial charge < -0.3 is 4.42 Å². The maximum atomic E-state index is 6.73. The van der Waals surface area contributed by atoms with Gasteiger partial charge in [0, 0.05) is 22.4 Å². The third-order valence-electron chi connectivity index (χ3n) is 10.6. The highest BCUT2D eigenvalue weighted by Crippen LogP contribution is 2.43. The van der Waals surface area contributed by atoms with E-state index in [0.717, 1.165) is 44.5 Å². The van der Waals surface area contributed by atoms with Crippen molar-refractivity contribution in [2.75, 3.05) is 0 Å². The summed E-state index contributed by atoms with van der Waals surface area (Å²) in [6, 6.07) is 39.5. The van der Waals surface area contributed by atoms with E-state index in [9.17, 15) is 0 Å². The molecule has 0 amide bonds. The van der Waals surface area contributed by atoms with Gasteiger partial charge >= 0.3 is 0 Å². The Hall–Kier alpha value is -5.22. The van der Waals surface area contributed by atoms with E-state index in [-0.39, 0.29) is 23.2 Å². The molecule has 1 unspecified atom stereocenters. The fraction of sp³-hybridized carbons (Fsp3) is 0.261. The van der Waals surface area contributed by atoms with Crippen LogP contribution in [0.3, 0.4) is 0 Å². The number of pyridine rings is 1. The predicted octanol–water partition coefficient (Wildman–Crippen LogP) is 13.2. The maximum absolute atomic E-state index is 6.73. The van der Waals surface area contributed by atoms with Crippen LogP contribution in [0, 0.1) is 5.41 Å². The van der Waals surface area contributed by atoms with E-state index in [1.54, 1.807) is 0 Å². The molecule has 4 heteroatoms. The highest BCUT2D eigenvalue weighted by Gasteiger charge is 2.27. The van der Waals surface area contributed by atoms with E-state index in [2.05, 4.69) is 169 Å². The van der Waals surface area contributed by atoms with Crippen molar-refractivity contribution in [1.29, 1.82) is 0 Å². The lowest BCUT2D eigenvalue weighted by Crippen LogP contribution is -2.16. The highest BCUT2D eigenvalue weighted by molar-refractivity contribution is 6.08. The SMILES string of the molecule is CC(C)c1cc(-c2ccc3ccccc3c2)cc(C(C)C)c1-n1c(-c2cccc3c2oc2nc(C(C)C(C)(C)C)ccc23)nc2ccccc21. The van der Waals surface area contributed by atoms with Gasteiger partial charge in [0.15, 0.2) is 0 Å². The Balaban J connectivity index is 1.39. The second kappa shape index (κ2) is 12.0. The standard InChI is InChI=1S/C46H45N3O/c1-27(2)37-25-33(32-21-20-30-14-9-10-15-31(30)24-32)26-38(28(3)4)42(37)49-41-19-12-11-18-40(41)47-44(49)36-17-13-16-34-35-22-23-39(29(5)46(6,7)8)48-45(35)50-43(34)36/h9-29H,1-8H3. The quantitative estimate of drug-likeness (QED) is 0.179. The Morgan fingerprint density at radius 3 is 2.04 bits per heavy atom. The van der Waals surface area contributed by atoms with E-state index >= 15 is 0 Å². The van der Waals surface area contributed by atoms with Crippen molar-refractivity contribution in [2.45, 2.75) is 73.1 Å². The molecule has 50 heavy (non-hydrogen) atoms. The monoisotopic (exact) mass is 655 g/mol. The number of para-hydroxylation sites is 3. The Morgan fingerprint density at radius 2 is 1.32 bits per heavy atom. The molecule has 3 aromatic heterocycles. The number of aromatic nitrogens is 3. The molecule has 0 aliphatic carbocycles. The molecule has 5 aromatic carbocycles. The van der Waals surface area contributed by atoms with Gasteiger partial charge in [0.05, 0.1) is 22.3 Å². The average molecular weight is 656 g/mol. The van der Waals surface area contributed by atoms with E-state index < -0.39 is 0 Å². The Labute approximate surface area is 294 Å². The summed E-state index contributed by atoms with van der Waals surface area (Å²) >= 11 is 0. The van der Waals surface area contributed by atoms with Crippen molar-refractivity contribution in [2.24, 2.45) is 5.41 Å². The normalized spacial score (nSPS) is 13.1. The van der Waals surface area contributed by atoms with Crippen molar-refractivity contribution < 1.29 is 4.42 Å². The molecule has 0 spiro atoms. The van der Waals surface area contributed by atoms with Crippen LogP contribution in [-0.2, 0) is 0 Å². The number of hydrogen-bond donors (Lipinski definition) is 0. The number of imidazole rings is 1. The Morgan fingerprint density at radius 1 is 0.620 bits per heavy atom. The van der Waals surface area contributed by atoms with Gasteiger partial charge in [-0.3, -0.25) is 4.57 Å². The summed E-state index contributed by atoms with van der Waals surface area (Å²) in [6.45, 7) is 18.2. The van der Waals surface area contributed by atoms with Crippen molar-refractivity contribution in [1.82, 2.24) is 14.5 Å². The molecule has 4 nitrogen and oxygen atoms in total. The summed E-state index contributed by atoms with van der Waals surface area (Å²) in [7, 11) is 0. The van der Waals surface area contributed by atoms with Crippen LogP contribution in [0.15, 0.2) is 114 Å². The molecule has 1 atom stereocenters. The first-order chi connectivity index (χ1) is 24.0. The van der Waals surface area contributed by atoms with Crippen LogP contribution < -0.4 is 0 Å². The van der Waals surface area contributed by atoms with E-state index in [4.69, 9.17) is 14.4 Å². The number of furan rings is 1. The van der Waals surface area contributed by atoms with Crippen LogP contribution in [0.4, 0.5) is 0 Å². The largest absolute Gasteiger partial charge is 0.437 e. The molecule has 0 saturated heterocycles. The topological polar surface area (TPSA) is 43.9 Å². The molecule has 0 aliphatic heterocycles. The molecule has 0 aliphatic rings. The molecule has 250 valence electrons. The molecule has 0 bridgehead atoms. The summed E-state index contributed by atoms with van der Waals surface area (Å²) in [6.07, 6.45) is 0. The number of rotatable bonds is 6. The lowest BCUT2D eigenvalue weighted by Gasteiger charge is -2.26. The average Bonchev–Trinajstić information content (AvgIpc) is 3.68. The van der Waals surface area contributed by atoms with Crippen molar-refractivity contribution in [3.63, 3.8) is 0 Å². The fourth-order valence-electron chi connectivity index (χ4n) is 7.34. The van der Waals surface area contributed by atoms with E-state index in [1.165, 1.54) is 38.7 Å². The minimum absolute atomic E-state index is 0.0921. The van der Waals surface area contributed by atoms with Crippen LogP contribution in [0.2, 0.25) is 0 Å². The summed E-state index contributed by atoms with van der Waals surface area (Å²) in [5.74, 6) is 1.70. The molecule has 8 rings (SSSR count). The zero-order chi connectivity index (χ0) is 34.9. The molecule has 3 heterocycles. The van der Waals surface area contributed by atoms with Gasteiger partial charge in [-0.05, 0) is 98.8 Å². The lowest BCUT2D eigenvalue weighted by molar-refractivity contribution is 0.334. The van der Waals surface area contributed by atoms with Gasteiger partial charge in [-0.2, -0.15) is 0 Å². The second-order valence-electron chi connectivity index (χ2n) is 15.6. The number of benzene rings is 5. The van der Waals surface area contributed by atoms with Crippen molar-refractivity contribution in [3.05, 3.63) is 126 Å². The summed E-state index contributed by atoms with van der Waals surface area (Å²) in [4.78, 5) is 10.4. The molecular weight excluding hydrogens is 611 g/mol. The minimum Gasteiger partial charge on any atom is -0.437 e. The summed E-state index contributed by atoms with van der Waals surface area (Å²) in [5, 5.41) is 4.59. The van der Waals surface area contributed by atoms with Crippen LogP contribution in [-0.4, -0.2) is 14.5 Å². The second-order valence-corrected chi connectivity index (χ2v) is 15.6. The first kappa shape index (κ1) is 32.0. The molecular formula is C46H45N3O. The van der Waals surface area contributed by atoms with Crippen molar-refractivity contribution in [3.8, 4) is 28.2 Å². The minimum atomic E-state index is 0.0921. The molecule has 0 saturated carbocycles. The van der Waals surface area contributed by atoms with Gasteiger partial charge in [0.25, 0.3) is 0 Å². The van der Waals surface area contributed by atoms with Gasteiger partial charge in [-0.1, -0.05) is 116 Å². The first-order valence-corrected chi connectivity index (χ1v) is 18.0. The third kappa shape index (κ3) is 5.29. The number of hydrogen-bond acceptors (Lipinski definition) is 3. The lowest BCUT2D eigenvalue weighted by atomic mass is 9.80. The third-order valence-corrected chi connectivity index (χ3v) is 10.6. The maximum Gasteiger partial charge on any atom is 0.227 e. The van der Waals surface area contributed by atoms with E-state index in [1.807, 2.05) is 0 Å². The summed E-state index contributed by atoms with van der Waals surface area (Å²) in [5.41, 5.74) is 11.9. The van der Waals surface area contributed by atoms with Crippen LogP contribution in [0.25, 0.3) is 72.1 Å². The number of fused-ring (bicyclic) bond motifs is 5. The van der Waals surface area contributed by atoms with Crippen LogP contribution in [0.1, 0.15) is 90.0 Å². The molecule has 0 fully saturated rings. The van der Waals surface area contributed by atoms with Crippen molar-refractivity contribution >= 4 is 43.9 Å². The molecule has 8 aromatic rings. The van der Waals surface area contributed by atoms with Crippen LogP contribution >= 0.6 is 0 Å². The Bertz CT molecular complexity index is 2530. The molecule has 0 radical (unpaired) electrons. The van der Waals surface area contributed by atoms with Gasteiger partial charge in [0.1, 0.15) is 11.4 Å². The zero-order valence-electron chi connectivity index (χ0n) is 30.4.